The number of rotatable bonds is 6. The van der Waals surface area contributed by atoms with Crippen molar-refractivity contribution in [2.24, 2.45) is 5.10 Å². The molecule has 7 nitrogen and oxygen atoms in total. The highest BCUT2D eigenvalue weighted by molar-refractivity contribution is 7.12. The molecule has 0 fully saturated rings. The molecule has 0 unspecified atom stereocenters. The lowest BCUT2D eigenvalue weighted by atomic mass is 10.1. The van der Waals surface area contributed by atoms with E-state index in [4.69, 9.17) is 4.74 Å². The largest absolute Gasteiger partial charge is 0.452 e. The van der Waals surface area contributed by atoms with Crippen LogP contribution in [0.1, 0.15) is 32.6 Å². The molecule has 1 atom stereocenters. The van der Waals surface area contributed by atoms with Crippen LogP contribution in [0.4, 0.5) is 0 Å². The normalized spacial score (nSPS) is 15.6. The van der Waals surface area contributed by atoms with Gasteiger partial charge < -0.3 is 4.74 Å². The average Bonchev–Trinajstić information content (AvgIpc) is 3.63. The van der Waals surface area contributed by atoms with E-state index in [9.17, 15) is 9.59 Å². The summed E-state index contributed by atoms with van der Waals surface area (Å²) in [7, 11) is 0. The minimum atomic E-state index is -0.584. The van der Waals surface area contributed by atoms with Crippen molar-refractivity contribution in [3.63, 3.8) is 0 Å². The van der Waals surface area contributed by atoms with E-state index in [1.54, 1.807) is 64.0 Å². The van der Waals surface area contributed by atoms with Gasteiger partial charge in [0.25, 0.3) is 5.91 Å². The predicted molar refractivity (Wildman–Crippen MR) is 123 cm³/mol. The number of hydrazone groups is 1. The van der Waals surface area contributed by atoms with E-state index >= 15 is 0 Å². The van der Waals surface area contributed by atoms with Gasteiger partial charge in [-0.05, 0) is 41.1 Å². The lowest BCUT2D eigenvalue weighted by Gasteiger charge is -2.20. The third-order valence-electron chi connectivity index (χ3n) is 5.05. The number of nitrogens with zero attached hydrogens (tertiary/aromatic N) is 4. The minimum Gasteiger partial charge on any atom is -0.452 e. The molecule has 160 valence electrons. The second kappa shape index (κ2) is 8.89. The number of carbonyl (C=O) groups excluding carboxylic acids is 2. The van der Waals surface area contributed by atoms with Crippen molar-refractivity contribution >= 4 is 40.3 Å². The van der Waals surface area contributed by atoms with Gasteiger partial charge in [0.05, 0.1) is 27.9 Å². The number of hydrogen-bond acceptors (Lipinski definition) is 7. The summed E-state index contributed by atoms with van der Waals surface area (Å²) in [5.41, 5.74) is 1.79. The van der Waals surface area contributed by atoms with Crippen LogP contribution in [-0.2, 0) is 9.53 Å². The molecular weight excluding hydrogens is 444 g/mol. The van der Waals surface area contributed by atoms with Gasteiger partial charge in [0, 0.05) is 23.7 Å². The van der Waals surface area contributed by atoms with Crippen molar-refractivity contribution in [2.75, 3.05) is 6.61 Å². The van der Waals surface area contributed by atoms with Gasteiger partial charge in [-0.15, -0.1) is 22.7 Å². The monoisotopic (exact) mass is 462 g/mol. The molecular formula is C23H18N4O3S2. The summed E-state index contributed by atoms with van der Waals surface area (Å²) in [6.45, 7) is -0.393. The van der Waals surface area contributed by atoms with E-state index in [1.807, 2.05) is 41.1 Å². The zero-order valence-corrected chi connectivity index (χ0v) is 18.5. The second-order valence-electron chi connectivity index (χ2n) is 7.04. The van der Waals surface area contributed by atoms with Crippen LogP contribution in [0, 0.1) is 0 Å². The molecule has 1 amide bonds. The van der Waals surface area contributed by atoms with Gasteiger partial charge in [-0.3, -0.25) is 4.79 Å². The number of esters is 1. The van der Waals surface area contributed by atoms with Crippen LogP contribution >= 0.6 is 22.7 Å². The molecule has 0 bridgehead atoms. The van der Waals surface area contributed by atoms with Gasteiger partial charge in [-0.1, -0.05) is 24.3 Å². The van der Waals surface area contributed by atoms with Gasteiger partial charge in [0.2, 0.25) is 0 Å². The fourth-order valence-corrected chi connectivity index (χ4v) is 5.10. The van der Waals surface area contributed by atoms with E-state index < -0.39 is 12.6 Å². The molecule has 0 N–H and O–H groups in total. The molecule has 1 aromatic carbocycles. The van der Waals surface area contributed by atoms with E-state index in [1.165, 1.54) is 5.01 Å². The number of benzene rings is 1. The van der Waals surface area contributed by atoms with Crippen LogP contribution < -0.4 is 0 Å². The number of ether oxygens (including phenoxy) is 1. The lowest BCUT2D eigenvalue weighted by Crippen LogP contribution is -2.31. The standard InChI is InChI=1S/C23H18N4O3S2/c28-22(15-30-23(29)16-6-1-2-7-18(16)26-11-5-10-24-26)27-19(21-9-4-13-32-21)14-17(25-27)20-8-3-12-31-20/h1-13,19H,14-15H2/t19-/m0/s1. The zero-order valence-electron chi connectivity index (χ0n) is 16.8. The van der Waals surface area contributed by atoms with Crippen molar-refractivity contribution in [2.45, 2.75) is 12.5 Å². The molecule has 4 heterocycles. The summed E-state index contributed by atoms with van der Waals surface area (Å²) < 4.78 is 6.98. The van der Waals surface area contributed by atoms with E-state index in [0.717, 1.165) is 15.5 Å². The number of amides is 1. The maximum Gasteiger partial charge on any atom is 0.340 e. The Morgan fingerprint density at radius 1 is 1.03 bits per heavy atom. The molecule has 9 heteroatoms. The van der Waals surface area contributed by atoms with Crippen molar-refractivity contribution in [3.05, 3.63) is 93.1 Å². The smallest absolute Gasteiger partial charge is 0.340 e. The number of aromatic nitrogens is 2. The summed E-state index contributed by atoms with van der Waals surface area (Å²) in [5.74, 6) is -0.946. The predicted octanol–water partition coefficient (Wildman–Crippen LogP) is 4.53. The molecule has 1 aliphatic heterocycles. The fraction of sp³-hybridized carbons (Fsp3) is 0.130. The summed E-state index contributed by atoms with van der Waals surface area (Å²) in [6.07, 6.45) is 4.00. The molecule has 0 aliphatic carbocycles. The summed E-state index contributed by atoms with van der Waals surface area (Å²) in [6, 6.07) is 16.5. The zero-order chi connectivity index (χ0) is 21.9. The van der Waals surface area contributed by atoms with Crippen LogP contribution in [0.3, 0.4) is 0 Å². The molecule has 4 aromatic rings. The van der Waals surface area contributed by atoms with Gasteiger partial charge >= 0.3 is 5.97 Å². The van der Waals surface area contributed by atoms with Crippen molar-refractivity contribution in [1.82, 2.24) is 14.8 Å². The molecule has 0 spiro atoms. The first-order valence-corrected chi connectivity index (χ1v) is 11.7. The Morgan fingerprint density at radius 2 is 1.88 bits per heavy atom. The third kappa shape index (κ3) is 4.00. The van der Waals surface area contributed by atoms with E-state index in [2.05, 4.69) is 10.2 Å². The number of para-hydroxylation sites is 1. The summed E-state index contributed by atoms with van der Waals surface area (Å²) in [4.78, 5) is 27.9. The number of carbonyl (C=O) groups is 2. The van der Waals surface area contributed by atoms with Crippen molar-refractivity contribution < 1.29 is 14.3 Å². The van der Waals surface area contributed by atoms with Gasteiger partial charge in [0.15, 0.2) is 6.61 Å². The Labute approximate surface area is 192 Å². The van der Waals surface area contributed by atoms with Crippen LogP contribution in [0.5, 0.6) is 0 Å². The highest BCUT2D eigenvalue weighted by atomic mass is 32.1. The minimum absolute atomic E-state index is 0.199. The number of thiophene rings is 2. The van der Waals surface area contributed by atoms with Crippen LogP contribution in [0.15, 0.2) is 82.9 Å². The Morgan fingerprint density at radius 3 is 2.62 bits per heavy atom. The fourth-order valence-electron chi connectivity index (χ4n) is 3.56. The second-order valence-corrected chi connectivity index (χ2v) is 8.97. The number of hydrogen-bond donors (Lipinski definition) is 0. The molecule has 0 saturated heterocycles. The maximum atomic E-state index is 13.0. The van der Waals surface area contributed by atoms with Crippen molar-refractivity contribution in [3.8, 4) is 5.69 Å². The average molecular weight is 463 g/mol. The van der Waals surface area contributed by atoms with Crippen LogP contribution in [0.2, 0.25) is 0 Å². The molecule has 0 saturated carbocycles. The molecule has 5 rings (SSSR count). The first-order chi connectivity index (χ1) is 15.7. The van der Waals surface area contributed by atoms with Gasteiger partial charge in [-0.2, -0.15) is 10.2 Å². The SMILES string of the molecule is O=C(OCC(=O)N1N=C(c2cccs2)C[C@H]1c1cccs1)c1ccccc1-n1cccn1. The van der Waals surface area contributed by atoms with Crippen LogP contribution in [0.25, 0.3) is 5.69 Å². The third-order valence-corrected chi connectivity index (χ3v) is 6.94. The van der Waals surface area contributed by atoms with Gasteiger partial charge in [-0.25, -0.2) is 14.5 Å². The van der Waals surface area contributed by atoms with Crippen LogP contribution in [-0.4, -0.2) is 39.0 Å². The van der Waals surface area contributed by atoms with Gasteiger partial charge in [0.1, 0.15) is 0 Å². The maximum absolute atomic E-state index is 13.0. The molecule has 32 heavy (non-hydrogen) atoms. The highest BCUT2D eigenvalue weighted by Crippen LogP contribution is 2.36. The Kier molecular flexibility index (Phi) is 5.66. The highest BCUT2D eigenvalue weighted by Gasteiger charge is 2.34. The summed E-state index contributed by atoms with van der Waals surface area (Å²) in [5, 5.41) is 14.2. The Balaban J connectivity index is 1.33. The molecule has 0 radical (unpaired) electrons. The Hall–Kier alpha value is -3.56. The molecule has 1 aliphatic rings. The summed E-state index contributed by atoms with van der Waals surface area (Å²) >= 11 is 3.17. The first kappa shape index (κ1) is 20.3. The quantitative estimate of drug-likeness (QED) is 0.395. The topological polar surface area (TPSA) is 76.8 Å². The first-order valence-electron chi connectivity index (χ1n) is 9.93. The molecule has 3 aromatic heterocycles. The van der Waals surface area contributed by atoms with E-state index in [-0.39, 0.29) is 11.9 Å². The lowest BCUT2D eigenvalue weighted by molar-refractivity contribution is -0.136. The Bertz CT molecular complexity index is 1250. The van der Waals surface area contributed by atoms with Crippen molar-refractivity contribution in [1.29, 1.82) is 0 Å². The van der Waals surface area contributed by atoms with E-state index in [0.29, 0.717) is 17.7 Å².